The van der Waals surface area contributed by atoms with Crippen LogP contribution < -0.4 is 5.73 Å². The first-order chi connectivity index (χ1) is 12.9. The summed E-state index contributed by atoms with van der Waals surface area (Å²) in [5, 5.41) is 16.4. The third-order valence-corrected chi connectivity index (χ3v) is 5.71. The Balaban J connectivity index is 1.77. The van der Waals surface area contributed by atoms with Crippen molar-refractivity contribution in [2.75, 3.05) is 6.54 Å². The fourth-order valence-corrected chi connectivity index (χ4v) is 4.56. The molecule has 3 N–H and O–H groups in total. The first-order valence-corrected chi connectivity index (χ1v) is 8.93. The monoisotopic (exact) mass is 388 g/mol. The Labute approximate surface area is 156 Å². The normalized spacial score (nSPS) is 21.9. The van der Waals surface area contributed by atoms with Crippen molar-refractivity contribution in [2.45, 2.75) is 18.4 Å². The first kappa shape index (κ1) is 17.4. The molecule has 4 rings (SSSR count). The molecular formula is C17H14F2N6OS. The highest BCUT2D eigenvalue weighted by Crippen LogP contribution is 2.44. The molecule has 138 valence electrons. The lowest BCUT2D eigenvalue weighted by Crippen LogP contribution is -2.50. The number of amides is 1. The Hall–Kier alpha value is -3.06. The smallest absolute Gasteiger partial charge is 0.266 e. The number of thiazole rings is 1. The van der Waals surface area contributed by atoms with Crippen molar-refractivity contribution >= 4 is 27.5 Å². The number of hydrogen-bond acceptors (Lipinski definition) is 6. The molecule has 1 aliphatic heterocycles. The lowest BCUT2D eigenvalue weighted by atomic mass is 9.87. The number of piperidine rings is 1. The van der Waals surface area contributed by atoms with Crippen molar-refractivity contribution < 1.29 is 13.6 Å². The number of nitrogens with two attached hydrogens (primary N) is 1. The number of rotatable bonds is 3. The van der Waals surface area contributed by atoms with Gasteiger partial charge in [-0.15, -0.1) is 11.3 Å². The van der Waals surface area contributed by atoms with Crippen molar-refractivity contribution in [3.8, 4) is 17.3 Å². The van der Waals surface area contributed by atoms with Crippen LogP contribution in [0.3, 0.4) is 0 Å². The summed E-state index contributed by atoms with van der Waals surface area (Å²) in [5.74, 6) is -5.21. The Morgan fingerprint density at radius 2 is 2.26 bits per heavy atom. The third kappa shape index (κ3) is 3.10. The second-order valence-electron chi connectivity index (χ2n) is 6.46. The topological polar surface area (TPSA) is 112 Å². The molecule has 1 aromatic carbocycles. The predicted molar refractivity (Wildman–Crippen MR) is 94.5 cm³/mol. The van der Waals surface area contributed by atoms with Gasteiger partial charge >= 0.3 is 0 Å². The summed E-state index contributed by atoms with van der Waals surface area (Å²) in [6.45, 7) is -0.756. The largest absolute Gasteiger partial charge is 0.369 e. The number of halogens is 2. The van der Waals surface area contributed by atoms with Crippen LogP contribution in [0.5, 0.6) is 0 Å². The molecule has 1 amide bonds. The Morgan fingerprint density at radius 1 is 1.44 bits per heavy atom. The van der Waals surface area contributed by atoms with Gasteiger partial charge in [0.05, 0.1) is 28.9 Å². The van der Waals surface area contributed by atoms with Crippen molar-refractivity contribution in [2.24, 2.45) is 11.7 Å². The van der Waals surface area contributed by atoms with Crippen LogP contribution in [0.2, 0.25) is 0 Å². The van der Waals surface area contributed by atoms with E-state index in [-0.39, 0.29) is 0 Å². The van der Waals surface area contributed by atoms with Gasteiger partial charge in [0.15, 0.2) is 6.19 Å². The number of primary amides is 1. The van der Waals surface area contributed by atoms with E-state index < -0.39 is 36.8 Å². The van der Waals surface area contributed by atoms with Gasteiger partial charge in [0.1, 0.15) is 11.0 Å². The lowest BCUT2D eigenvalue weighted by Gasteiger charge is -2.39. The van der Waals surface area contributed by atoms with E-state index in [1.807, 2.05) is 18.2 Å². The maximum Gasteiger partial charge on any atom is 0.266 e. The summed E-state index contributed by atoms with van der Waals surface area (Å²) in [6.07, 6.45) is 4.52. The number of likely N-dealkylation sites (tertiary alicyclic amines) is 1. The summed E-state index contributed by atoms with van der Waals surface area (Å²) < 4.78 is 28.7. The van der Waals surface area contributed by atoms with E-state index in [0.717, 1.165) is 20.7 Å². The molecule has 0 bridgehead atoms. The number of nitriles is 1. The zero-order valence-electron chi connectivity index (χ0n) is 13.9. The average Bonchev–Trinajstić information content (AvgIpc) is 3.28. The number of benzene rings is 1. The van der Waals surface area contributed by atoms with Crippen molar-refractivity contribution in [3.05, 3.63) is 35.6 Å². The molecule has 27 heavy (non-hydrogen) atoms. The molecule has 0 saturated carbocycles. The van der Waals surface area contributed by atoms with E-state index in [2.05, 4.69) is 15.2 Å². The van der Waals surface area contributed by atoms with E-state index in [1.165, 1.54) is 11.3 Å². The quantitative estimate of drug-likeness (QED) is 0.670. The number of nitrogens with one attached hydrogen (secondary N) is 1. The maximum atomic E-state index is 13.9. The molecule has 1 aliphatic rings. The number of alkyl halides is 2. The molecule has 3 heterocycles. The van der Waals surface area contributed by atoms with Crippen LogP contribution in [0.25, 0.3) is 21.3 Å². The number of fused-ring (bicyclic) bond motifs is 1. The van der Waals surface area contributed by atoms with Gasteiger partial charge in [-0.05, 0) is 17.7 Å². The standard InChI is InChI=1S/C17H14F2N6OS/c18-17(19)4-11(15(21)26)14(25(7-17)8-20)16-24-12-2-1-9(3-13(12)27-16)10-5-22-23-6-10/h1-3,5-6,11,14H,4,7H2,(H2,21,26)(H,22,23). The molecule has 0 spiro atoms. The minimum Gasteiger partial charge on any atom is -0.369 e. The summed E-state index contributed by atoms with van der Waals surface area (Å²) in [6, 6.07) is 4.71. The average molecular weight is 388 g/mol. The molecule has 1 saturated heterocycles. The van der Waals surface area contributed by atoms with Gasteiger partial charge in [0, 0.05) is 18.2 Å². The lowest BCUT2D eigenvalue weighted by molar-refractivity contribution is -0.137. The molecule has 7 nitrogen and oxygen atoms in total. The Morgan fingerprint density at radius 3 is 2.93 bits per heavy atom. The van der Waals surface area contributed by atoms with E-state index in [1.54, 1.807) is 18.6 Å². The van der Waals surface area contributed by atoms with Crippen molar-refractivity contribution in [1.29, 1.82) is 5.26 Å². The highest BCUT2D eigenvalue weighted by molar-refractivity contribution is 7.18. The highest BCUT2D eigenvalue weighted by atomic mass is 32.1. The fraction of sp³-hybridized carbons (Fsp3) is 0.294. The van der Waals surface area contributed by atoms with Gasteiger partial charge in [-0.2, -0.15) is 10.4 Å². The molecule has 2 atom stereocenters. The van der Waals surface area contributed by atoms with Crippen molar-refractivity contribution in [1.82, 2.24) is 20.1 Å². The zero-order valence-corrected chi connectivity index (χ0v) is 14.7. The van der Waals surface area contributed by atoms with Crippen LogP contribution in [0, 0.1) is 17.4 Å². The van der Waals surface area contributed by atoms with Gasteiger partial charge in [0.25, 0.3) is 5.92 Å². The number of aromatic nitrogens is 3. The molecule has 0 aliphatic carbocycles. The number of H-pyrrole nitrogens is 1. The maximum absolute atomic E-state index is 13.9. The third-order valence-electron chi connectivity index (χ3n) is 4.62. The van der Waals surface area contributed by atoms with Gasteiger partial charge in [-0.3, -0.25) is 14.8 Å². The number of nitrogens with zero attached hydrogens (tertiary/aromatic N) is 4. The molecular weight excluding hydrogens is 374 g/mol. The second kappa shape index (κ2) is 6.28. The number of aromatic amines is 1. The molecule has 2 aromatic heterocycles. The predicted octanol–water partition coefficient (Wildman–Crippen LogP) is 2.65. The second-order valence-corrected chi connectivity index (χ2v) is 7.53. The molecule has 0 radical (unpaired) electrons. The fourth-order valence-electron chi connectivity index (χ4n) is 3.38. The van der Waals surface area contributed by atoms with E-state index in [4.69, 9.17) is 5.73 Å². The number of carbonyl (C=O) groups is 1. The SMILES string of the molecule is N#CN1CC(F)(F)CC(C(N)=O)C1c1nc2ccc(-c3cn[nH]c3)cc2s1. The number of carbonyl (C=O) groups excluding carboxylic acids is 1. The molecule has 1 fully saturated rings. The molecule has 3 aromatic rings. The van der Waals surface area contributed by atoms with Crippen LogP contribution in [0.1, 0.15) is 17.5 Å². The van der Waals surface area contributed by atoms with Gasteiger partial charge < -0.3 is 5.73 Å². The van der Waals surface area contributed by atoms with Crippen molar-refractivity contribution in [3.63, 3.8) is 0 Å². The van der Waals surface area contributed by atoms with Crippen LogP contribution in [0.4, 0.5) is 8.78 Å². The van der Waals surface area contributed by atoms with Crippen LogP contribution in [-0.4, -0.2) is 38.5 Å². The zero-order chi connectivity index (χ0) is 19.2. The minimum atomic E-state index is -3.16. The van der Waals surface area contributed by atoms with Gasteiger partial charge in [-0.1, -0.05) is 6.07 Å². The molecule has 2 unspecified atom stereocenters. The summed E-state index contributed by atoms with van der Waals surface area (Å²) >= 11 is 1.27. The minimum absolute atomic E-state index is 0.426. The van der Waals surface area contributed by atoms with E-state index >= 15 is 0 Å². The van der Waals surface area contributed by atoms with E-state index in [0.29, 0.717) is 10.5 Å². The summed E-state index contributed by atoms with van der Waals surface area (Å²) in [4.78, 5) is 17.2. The van der Waals surface area contributed by atoms with Gasteiger partial charge in [-0.25, -0.2) is 13.8 Å². The van der Waals surface area contributed by atoms with Crippen LogP contribution in [-0.2, 0) is 4.79 Å². The summed E-state index contributed by atoms with van der Waals surface area (Å²) in [7, 11) is 0. The van der Waals surface area contributed by atoms with Crippen LogP contribution in [0.15, 0.2) is 30.6 Å². The Kier molecular flexibility index (Phi) is 4.04. The molecule has 10 heteroatoms. The summed E-state index contributed by atoms with van der Waals surface area (Å²) in [5.41, 5.74) is 7.86. The van der Waals surface area contributed by atoms with Crippen LogP contribution >= 0.6 is 11.3 Å². The first-order valence-electron chi connectivity index (χ1n) is 8.11. The highest BCUT2D eigenvalue weighted by Gasteiger charge is 2.49. The van der Waals surface area contributed by atoms with Gasteiger partial charge in [0.2, 0.25) is 5.91 Å². The van der Waals surface area contributed by atoms with E-state index in [9.17, 15) is 18.8 Å². The Bertz CT molecular complexity index is 1040. The number of hydrogen-bond donors (Lipinski definition) is 2.